The fourth-order valence-electron chi connectivity index (χ4n) is 1.69. The van der Waals surface area contributed by atoms with Gasteiger partial charge >= 0.3 is 5.97 Å². The van der Waals surface area contributed by atoms with Crippen LogP contribution >= 0.6 is 0 Å². The van der Waals surface area contributed by atoms with Crippen molar-refractivity contribution < 1.29 is 9.90 Å². The minimum absolute atomic E-state index is 0.173. The number of rotatable bonds is 7. The lowest BCUT2D eigenvalue weighted by atomic mass is 10.1. The lowest BCUT2D eigenvalue weighted by molar-refractivity contribution is 0.0696. The van der Waals surface area contributed by atoms with E-state index in [4.69, 9.17) is 0 Å². The van der Waals surface area contributed by atoms with Crippen LogP contribution in [-0.4, -0.2) is 29.1 Å². The quantitative estimate of drug-likeness (QED) is 0.765. The van der Waals surface area contributed by atoms with Crippen LogP contribution in [0.3, 0.4) is 0 Å². The van der Waals surface area contributed by atoms with Gasteiger partial charge in [-0.15, -0.1) is 13.2 Å². The van der Waals surface area contributed by atoms with Crippen LogP contribution in [0.1, 0.15) is 35.8 Å². The summed E-state index contributed by atoms with van der Waals surface area (Å²) in [7, 11) is 0. The molecule has 0 amide bonds. The first-order valence-electron chi connectivity index (χ1n) is 6.21. The molecular weight excluding hydrogens is 240 g/mol. The van der Waals surface area contributed by atoms with Crippen molar-refractivity contribution in [2.75, 3.05) is 18.0 Å². The van der Waals surface area contributed by atoms with Gasteiger partial charge in [0.25, 0.3) is 0 Å². The lowest BCUT2D eigenvalue weighted by Gasteiger charge is -2.22. The first kappa shape index (κ1) is 15.0. The Labute approximate surface area is 114 Å². The molecule has 4 nitrogen and oxygen atoms in total. The molecule has 0 aliphatic heterocycles. The van der Waals surface area contributed by atoms with Crippen molar-refractivity contribution in [3.8, 4) is 0 Å². The number of hydrogen-bond acceptors (Lipinski definition) is 3. The molecule has 1 N–H and O–H groups in total. The molecule has 0 aliphatic carbocycles. The summed E-state index contributed by atoms with van der Waals surface area (Å²) in [6.07, 6.45) is 3.52. The largest absolute Gasteiger partial charge is 0.478 e. The van der Waals surface area contributed by atoms with Crippen LogP contribution in [-0.2, 0) is 0 Å². The summed E-state index contributed by atoms with van der Waals surface area (Å²) in [6.45, 7) is 12.6. The van der Waals surface area contributed by atoms with E-state index in [2.05, 4.69) is 18.1 Å². The van der Waals surface area contributed by atoms with E-state index >= 15 is 0 Å². The monoisotopic (exact) mass is 260 g/mol. The number of carboxylic acid groups (broad SMARTS) is 1. The maximum atomic E-state index is 11.2. The van der Waals surface area contributed by atoms with Crippen LogP contribution in [0.4, 0.5) is 5.82 Å². The predicted molar refractivity (Wildman–Crippen MR) is 77.9 cm³/mol. The molecule has 1 rings (SSSR count). The molecule has 19 heavy (non-hydrogen) atoms. The van der Waals surface area contributed by atoms with Crippen LogP contribution < -0.4 is 4.90 Å². The number of carbonyl (C=O) groups is 1. The number of pyridine rings is 1. The average molecular weight is 260 g/mol. The molecule has 0 aliphatic rings. The van der Waals surface area contributed by atoms with Crippen LogP contribution in [0.15, 0.2) is 37.4 Å². The summed E-state index contributed by atoms with van der Waals surface area (Å²) >= 11 is 0. The van der Waals surface area contributed by atoms with Gasteiger partial charge in [-0.25, -0.2) is 9.78 Å². The standard InChI is InChI=1S/C15H20N2O2/c1-5-7-17(8-6-2)14-10-12(15(18)19)9-13(16-14)11(3)4/h5-6,9-11H,1-2,7-8H2,3-4H3,(H,18,19). The summed E-state index contributed by atoms with van der Waals surface area (Å²) in [4.78, 5) is 17.6. The molecule has 0 fully saturated rings. The summed E-state index contributed by atoms with van der Waals surface area (Å²) < 4.78 is 0. The Bertz CT molecular complexity index is 471. The van der Waals surface area contributed by atoms with E-state index in [-0.39, 0.29) is 11.5 Å². The Balaban J connectivity index is 3.26. The van der Waals surface area contributed by atoms with E-state index in [9.17, 15) is 9.90 Å². The van der Waals surface area contributed by atoms with Crippen LogP contribution in [0, 0.1) is 0 Å². The second-order valence-electron chi connectivity index (χ2n) is 4.58. The van der Waals surface area contributed by atoms with Crippen LogP contribution in [0.25, 0.3) is 0 Å². The SMILES string of the molecule is C=CCN(CC=C)c1cc(C(=O)O)cc(C(C)C)n1. The van der Waals surface area contributed by atoms with E-state index in [0.717, 1.165) is 5.69 Å². The number of aromatic carboxylic acids is 1. The number of anilines is 1. The highest BCUT2D eigenvalue weighted by Crippen LogP contribution is 2.20. The molecule has 0 radical (unpaired) electrons. The molecule has 0 saturated carbocycles. The second-order valence-corrected chi connectivity index (χ2v) is 4.58. The van der Waals surface area contributed by atoms with Crippen molar-refractivity contribution in [3.05, 3.63) is 48.7 Å². The van der Waals surface area contributed by atoms with Crippen molar-refractivity contribution in [1.82, 2.24) is 4.98 Å². The van der Waals surface area contributed by atoms with E-state index in [0.29, 0.717) is 18.9 Å². The highest BCUT2D eigenvalue weighted by atomic mass is 16.4. The molecule has 0 bridgehead atoms. The van der Waals surface area contributed by atoms with E-state index < -0.39 is 5.97 Å². The number of nitrogens with zero attached hydrogens (tertiary/aromatic N) is 2. The maximum absolute atomic E-state index is 11.2. The van der Waals surface area contributed by atoms with Gasteiger partial charge in [-0.2, -0.15) is 0 Å². The molecule has 0 atom stereocenters. The molecule has 1 heterocycles. The summed E-state index contributed by atoms with van der Waals surface area (Å²) in [5, 5.41) is 9.17. The maximum Gasteiger partial charge on any atom is 0.335 e. The number of aromatic nitrogens is 1. The molecular formula is C15H20N2O2. The first-order chi connectivity index (χ1) is 8.99. The van der Waals surface area contributed by atoms with E-state index in [1.54, 1.807) is 24.3 Å². The van der Waals surface area contributed by atoms with Gasteiger partial charge in [-0.05, 0) is 18.1 Å². The minimum Gasteiger partial charge on any atom is -0.478 e. The Morgan fingerprint density at radius 3 is 2.37 bits per heavy atom. The summed E-state index contributed by atoms with van der Waals surface area (Å²) in [5.41, 5.74) is 1.03. The molecule has 102 valence electrons. The third-order valence-electron chi connectivity index (χ3n) is 2.69. The predicted octanol–water partition coefficient (Wildman–Crippen LogP) is 3.08. The molecule has 1 aromatic heterocycles. The fraction of sp³-hybridized carbons (Fsp3) is 0.333. The molecule has 1 aromatic rings. The Morgan fingerprint density at radius 1 is 1.37 bits per heavy atom. The van der Waals surface area contributed by atoms with E-state index in [1.807, 2.05) is 18.7 Å². The zero-order chi connectivity index (χ0) is 14.4. The number of hydrogen-bond donors (Lipinski definition) is 1. The van der Waals surface area contributed by atoms with Gasteiger partial charge in [0.2, 0.25) is 0 Å². The molecule has 0 saturated heterocycles. The highest BCUT2D eigenvalue weighted by Gasteiger charge is 2.13. The second kappa shape index (κ2) is 6.73. The van der Waals surface area contributed by atoms with Gasteiger partial charge in [0, 0.05) is 18.8 Å². The Hall–Kier alpha value is -2.10. The van der Waals surface area contributed by atoms with Gasteiger partial charge in [0.05, 0.1) is 5.56 Å². The van der Waals surface area contributed by atoms with Crippen molar-refractivity contribution in [2.24, 2.45) is 0 Å². The summed E-state index contributed by atoms with van der Waals surface area (Å²) in [6, 6.07) is 3.21. The first-order valence-corrected chi connectivity index (χ1v) is 6.21. The topological polar surface area (TPSA) is 53.4 Å². The lowest BCUT2D eigenvalue weighted by Crippen LogP contribution is -2.25. The van der Waals surface area contributed by atoms with Gasteiger partial charge in [-0.1, -0.05) is 26.0 Å². The summed E-state index contributed by atoms with van der Waals surface area (Å²) in [5.74, 6) is -0.126. The molecule has 0 spiro atoms. The fourth-order valence-corrected chi connectivity index (χ4v) is 1.69. The van der Waals surface area contributed by atoms with Crippen molar-refractivity contribution in [3.63, 3.8) is 0 Å². The van der Waals surface area contributed by atoms with Crippen LogP contribution in [0.2, 0.25) is 0 Å². The van der Waals surface area contributed by atoms with Gasteiger partial charge in [-0.3, -0.25) is 0 Å². The van der Waals surface area contributed by atoms with Crippen LogP contribution in [0.5, 0.6) is 0 Å². The van der Waals surface area contributed by atoms with Gasteiger partial charge in [0.15, 0.2) is 0 Å². The zero-order valence-electron chi connectivity index (χ0n) is 11.5. The minimum atomic E-state index is -0.942. The van der Waals surface area contributed by atoms with Gasteiger partial charge in [0.1, 0.15) is 5.82 Å². The molecule has 0 aromatic carbocycles. The Kier molecular flexibility index (Phi) is 5.30. The van der Waals surface area contributed by atoms with Crippen molar-refractivity contribution >= 4 is 11.8 Å². The average Bonchev–Trinajstić information content (AvgIpc) is 2.37. The third-order valence-corrected chi connectivity index (χ3v) is 2.69. The highest BCUT2D eigenvalue weighted by molar-refractivity contribution is 5.88. The zero-order valence-corrected chi connectivity index (χ0v) is 11.5. The molecule has 4 heteroatoms. The third kappa shape index (κ3) is 3.95. The Morgan fingerprint density at radius 2 is 1.95 bits per heavy atom. The smallest absolute Gasteiger partial charge is 0.335 e. The van der Waals surface area contributed by atoms with Crippen molar-refractivity contribution in [2.45, 2.75) is 19.8 Å². The number of carboxylic acids is 1. The normalized spacial score (nSPS) is 10.3. The van der Waals surface area contributed by atoms with Gasteiger partial charge < -0.3 is 10.0 Å². The van der Waals surface area contributed by atoms with E-state index in [1.165, 1.54) is 0 Å². The molecule has 0 unspecified atom stereocenters. The van der Waals surface area contributed by atoms with Crippen molar-refractivity contribution in [1.29, 1.82) is 0 Å².